The maximum Gasteiger partial charge on any atom is 0.170 e. The van der Waals surface area contributed by atoms with E-state index in [1.165, 1.54) is 7.11 Å². The molecular formula is C15H17FN2O. The van der Waals surface area contributed by atoms with Crippen molar-refractivity contribution in [3.05, 3.63) is 59.2 Å². The third kappa shape index (κ3) is 2.74. The third-order valence-electron chi connectivity index (χ3n) is 3.04. The summed E-state index contributed by atoms with van der Waals surface area (Å²) in [6.45, 7) is 1.96. The van der Waals surface area contributed by atoms with E-state index in [2.05, 4.69) is 10.3 Å². The molecule has 1 atom stereocenters. The van der Waals surface area contributed by atoms with E-state index in [0.717, 1.165) is 11.1 Å². The van der Waals surface area contributed by atoms with Gasteiger partial charge >= 0.3 is 0 Å². The van der Waals surface area contributed by atoms with Crippen LogP contribution in [-0.2, 0) is 0 Å². The summed E-state index contributed by atoms with van der Waals surface area (Å²) in [7, 11) is 3.26. The number of aryl methyl sites for hydroxylation is 1. The topological polar surface area (TPSA) is 34.2 Å². The van der Waals surface area contributed by atoms with Crippen molar-refractivity contribution in [2.75, 3.05) is 14.2 Å². The molecule has 0 aliphatic carbocycles. The fourth-order valence-electron chi connectivity index (χ4n) is 2.15. The quantitative estimate of drug-likeness (QED) is 0.918. The number of benzene rings is 1. The van der Waals surface area contributed by atoms with Crippen LogP contribution in [0.3, 0.4) is 0 Å². The highest BCUT2D eigenvalue weighted by Crippen LogP contribution is 2.29. The SMILES string of the molecule is CNC(c1cncc(C)c1)c1cccc(OC)c1F. The summed E-state index contributed by atoms with van der Waals surface area (Å²) in [5.74, 6) is -0.0933. The number of ether oxygens (including phenoxy) is 1. The van der Waals surface area contributed by atoms with E-state index < -0.39 is 0 Å². The fraction of sp³-hybridized carbons (Fsp3) is 0.267. The smallest absolute Gasteiger partial charge is 0.170 e. The Kier molecular flexibility index (Phi) is 4.12. The van der Waals surface area contributed by atoms with Crippen molar-refractivity contribution in [1.29, 1.82) is 0 Å². The first-order valence-electron chi connectivity index (χ1n) is 6.08. The number of hydrogen-bond acceptors (Lipinski definition) is 3. The molecule has 0 amide bonds. The molecule has 4 heteroatoms. The Balaban J connectivity index is 2.48. The third-order valence-corrected chi connectivity index (χ3v) is 3.04. The van der Waals surface area contributed by atoms with E-state index in [1.54, 1.807) is 37.6 Å². The van der Waals surface area contributed by atoms with E-state index in [9.17, 15) is 4.39 Å². The van der Waals surface area contributed by atoms with Gasteiger partial charge in [0.25, 0.3) is 0 Å². The second-order valence-corrected chi connectivity index (χ2v) is 4.38. The van der Waals surface area contributed by atoms with E-state index in [0.29, 0.717) is 5.56 Å². The fourth-order valence-corrected chi connectivity index (χ4v) is 2.15. The first-order valence-corrected chi connectivity index (χ1v) is 6.08. The Morgan fingerprint density at radius 1 is 1.32 bits per heavy atom. The number of halogens is 1. The number of nitrogens with zero attached hydrogens (tertiary/aromatic N) is 1. The molecule has 0 fully saturated rings. The summed E-state index contributed by atoms with van der Waals surface area (Å²) >= 11 is 0. The van der Waals surface area contributed by atoms with Crippen LogP contribution >= 0.6 is 0 Å². The lowest BCUT2D eigenvalue weighted by atomic mass is 9.98. The predicted octanol–water partition coefficient (Wildman–Crippen LogP) is 2.85. The van der Waals surface area contributed by atoms with E-state index in [1.807, 2.05) is 13.0 Å². The molecule has 2 rings (SSSR count). The standard InChI is InChI=1S/C15H17FN2O/c1-10-7-11(9-18-8-10)15(17-2)12-5-4-6-13(19-3)14(12)16/h4-9,15,17H,1-3H3. The highest BCUT2D eigenvalue weighted by atomic mass is 19.1. The zero-order valence-corrected chi connectivity index (χ0v) is 11.3. The monoisotopic (exact) mass is 260 g/mol. The Morgan fingerprint density at radius 2 is 2.11 bits per heavy atom. The largest absolute Gasteiger partial charge is 0.494 e. The Morgan fingerprint density at radius 3 is 2.74 bits per heavy atom. The Bertz CT molecular complexity index is 572. The molecule has 100 valence electrons. The van der Waals surface area contributed by atoms with Crippen molar-refractivity contribution >= 4 is 0 Å². The lowest BCUT2D eigenvalue weighted by Crippen LogP contribution is -2.19. The highest BCUT2D eigenvalue weighted by molar-refractivity contribution is 5.38. The van der Waals surface area contributed by atoms with Crippen molar-refractivity contribution < 1.29 is 9.13 Å². The van der Waals surface area contributed by atoms with Gasteiger partial charge in [-0.1, -0.05) is 18.2 Å². The second-order valence-electron chi connectivity index (χ2n) is 4.38. The molecule has 3 nitrogen and oxygen atoms in total. The number of aromatic nitrogens is 1. The van der Waals surface area contributed by atoms with Crippen LogP contribution in [0, 0.1) is 12.7 Å². The van der Waals surface area contributed by atoms with Crippen LogP contribution in [0.1, 0.15) is 22.7 Å². The van der Waals surface area contributed by atoms with Gasteiger partial charge in [-0.15, -0.1) is 0 Å². The van der Waals surface area contributed by atoms with Gasteiger partial charge in [0.2, 0.25) is 0 Å². The van der Waals surface area contributed by atoms with E-state index in [4.69, 9.17) is 4.74 Å². The molecular weight excluding hydrogens is 243 g/mol. The lowest BCUT2D eigenvalue weighted by molar-refractivity contribution is 0.382. The molecule has 0 spiro atoms. The highest BCUT2D eigenvalue weighted by Gasteiger charge is 2.19. The number of methoxy groups -OCH3 is 1. The second kappa shape index (κ2) is 5.80. The average molecular weight is 260 g/mol. The van der Waals surface area contributed by atoms with Gasteiger partial charge in [0.1, 0.15) is 0 Å². The summed E-state index contributed by atoms with van der Waals surface area (Å²) in [5.41, 5.74) is 2.52. The molecule has 0 saturated carbocycles. The summed E-state index contributed by atoms with van der Waals surface area (Å²) in [6, 6.07) is 6.89. The van der Waals surface area contributed by atoms with Crippen molar-refractivity contribution in [3.63, 3.8) is 0 Å². The minimum absolute atomic E-state index is 0.248. The molecule has 1 heterocycles. The first-order chi connectivity index (χ1) is 9.17. The Labute approximate surface area is 112 Å². The number of pyridine rings is 1. The van der Waals surface area contributed by atoms with Gasteiger partial charge in [0.05, 0.1) is 13.2 Å². The van der Waals surface area contributed by atoms with Gasteiger partial charge < -0.3 is 10.1 Å². The summed E-state index contributed by atoms with van der Waals surface area (Å²) in [4.78, 5) is 4.16. The Hall–Kier alpha value is -1.94. The number of rotatable bonds is 4. The molecule has 0 bridgehead atoms. The summed E-state index contributed by atoms with van der Waals surface area (Å²) < 4.78 is 19.3. The molecule has 0 saturated heterocycles. The van der Waals surface area contributed by atoms with Crippen molar-refractivity contribution in [1.82, 2.24) is 10.3 Å². The normalized spacial score (nSPS) is 12.2. The van der Waals surface area contributed by atoms with Gasteiger partial charge in [-0.2, -0.15) is 0 Å². The van der Waals surface area contributed by atoms with Gasteiger partial charge in [-0.25, -0.2) is 4.39 Å². The molecule has 0 radical (unpaired) electrons. The minimum atomic E-state index is -0.342. The van der Waals surface area contributed by atoms with Crippen molar-refractivity contribution in [2.24, 2.45) is 0 Å². The van der Waals surface area contributed by atoms with E-state index >= 15 is 0 Å². The van der Waals surface area contributed by atoms with Gasteiger partial charge in [-0.05, 0) is 31.2 Å². The van der Waals surface area contributed by atoms with E-state index in [-0.39, 0.29) is 17.6 Å². The van der Waals surface area contributed by atoms with Gasteiger partial charge in [0.15, 0.2) is 11.6 Å². The molecule has 1 N–H and O–H groups in total. The van der Waals surface area contributed by atoms with Gasteiger partial charge in [0, 0.05) is 18.0 Å². The molecule has 2 aromatic rings. The van der Waals surface area contributed by atoms with Crippen LogP contribution in [0.15, 0.2) is 36.7 Å². The lowest BCUT2D eigenvalue weighted by Gasteiger charge is -2.19. The predicted molar refractivity (Wildman–Crippen MR) is 72.8 cm³/mol. The zero-order valence-electron chi connectivity index (χ0n) is 11.3. The number of hydrogen-bond donors (Lipinski definition) is 1. The molecule has 0 aliphatic heterocycles. The molecule has 0 aliphatic rings. The van der Waals surface area contributed by atoms with Crippen molar-refractivity contribution in [3.8, 4) is 5.75 Å². The maximum atomic E-state index is 14.3. The number of nitrogens with one attached hydrogen (secondary N) is 1. The van der Waals surface area contributed by atoms with Crippen LogP contribution in [0.2, 0.25) is 0 Å². The average Bonchev–Trinajstić information content (AvgIpc) is 2.41. The van der Waals surface area contributed by atoms with Gasteiger partial charge in [-0.3, -0.25) is 4.98 Å². The zero-order chi connectivity index (χ0) is 13.8. The van der Waals surface area contributed by atoms with Crippen LogP contribution in [-0.4, -0.2) is 19.1 Å². The van der Waals surface area contributed by atoms with Crippen LogP contribution in [0.25, 0.3) is 0 Å². The minimum Gasteiger partial charge on any atom is -0.494 e. The summed E-state index contributed by atoms with van der Waals surface area (Å²) in [6.07, 6.45) is 3.52. The molecule has 19 heavy (non-hydrogen) atoms. The molecule has 1 aromatic heterocycles. The first kappa shape index (κ1) is 13.5. The van der Waals surface area contributed by atoms with Crippen LogP contribution < -0.4 is 10.1 Å². The maximum absolute atomic E-state index is 14.3. The van der Waals surface area contributed by atoms with Crippen LogP contribution in [0.4, 0.5) is 4.39 Å². The molecule has 1 unspecified atom stereocenters. The van der Waals surface area contributed by atoms with Crippen molar-refractivity contribution in [2.45, 2.75) is 13.0 Å². The molecule has 1 aromatic carbocycles. The summed E-state index contributed by atoms with van der Waals surface area (Å²) in [5, 5.41) is 3.12. The van der Waals surface area contributed by atoms with Crippen LogP contribution in [0.5, 0.6) is 5.75 Å².